The van der Waals surface area contributed by atoms with Crippen molar-refractivity contribution in [3.8, 4) is 5.75 Å². The number of isothiocyanates is 1. The molecule has 0 aromatic heterocycles. The Kier molecular flexibility index (Phi) is 5.25. The molecule has 1 aromatic rings. The monoisotopic (exact) mass is 327 g/mol. The zero-order valence-corrected chi connectivity index (χ0v) is 12.6. The number of ether oxygens (including phenoxy) is 2. The van der Waals surface area contributed by atoms with Crippen molar-refractivity contribution in [2.45, 2.75) is 43.9 Å². The minimum Gasteiger partial charge on any atom is -0.437 e. The molecule has 2 rings (SSSR count). The highest BCUT2D eigenvalue weighted by molar-refractivity contribution is 7.78. The number of aliphatic hydroxyl groups excluding tert-OH is 3. The van der Waals surface area contributed by atoms with Crippen LogP contribution in [0, 0.1) is 0 Å². The molecule has 1 aromatic carbocycles. The number of aliphatic imine (C=N–C) groups is 1. The van der Waals surface area contributed by atoms with Gasteiger partial charge in [-0.1, -0.05) is 12.1 Å². The van der Waals surface area contributed by atoms with E-state index < -0.39 is 30.4 Å². The lowest BCUT2D eigenvalue weighted by Gasteiger charge is -2.43. The SMILES string of the molecule is C[C@@H]1O[C@@](O)(Oc2ccc(CN=C=S)cc2)[C@H](O)[C@H](O)[C@H]1O. The molecule has 0 unspecified atom stereocenters. The molecule has 7 nitrogen and oxygen atoms in total. The lowest BCUT2D eigenvalue weighted by molar-refractivity contribution is -0.417. The normalized spacial score (nSPS) is 34.8. The zero-order valence-electron chi connectivity index (χ0n) is 11.8. The van der Waals surface area contributed by atoms with Gasteiger partial charge in [0.05, 0.1) is 17.8 Å². The number of benzene rings is 1. The zero-order chi connectivity index (χ0) is 16.3. The number of nitrogens with zero attached hydrogens (tertiary/aromatic N) is 1. The Morgan fingerprint density at radius 2 is 1.91 bits per heavy atom. The van der Waals surface area contributed by atoms with E-state index in [9.17, 15) is 20.4 Å². The molecule has 8 heteroatoms. The summed E-state index contributed by atoms with van der Waals surface area (Å²) in [6.45, 7) is 1.82. The molecule has 0 radical (unpaired) electrons. The quantitative estimate of drug-likeness (QED) is 0.345. The first-order valence-corrected chi connectivity index (χ1v) is 7.04. The first kappa shape index (κ1) is 17.0. The summed E-state index contributed by atoms with van der Waals surface area (Å²) in [7, 11) is 0. The fourth-order valence-electron chi connectivity index (χ4n) is 2.13. The molecule has 1 aliphatic heterocycles. The van der Waals surface area contributed by atoms with Crippen molar-refractivity contribution in [3.63, 3.8) is 0 Å². The van der Waals surface area contributed by atoms with E-state index in [1.165, 1.54) is 6.92 Å². The van der Waals surface area contributed by atoms with E-state index in [4.69, 9.17) is 9.47 Å². The van der Waals surface area contributed by atoms with Crippen LogP contribution in [0.2, 0.25) is 0 Å². The van der Waals surface area contributed by atoms with E-state index >= 15 is 0 Å². The van der Waals surface area contributed by atoms with Crippen LogP contribution in [0.1, 0.15) is 12.5 Å². The third-order valence-electron chi connectivity index (χ3n) is 3.40. The summed E-state index contributed by atoms with van der Waals surface area (Å²) in [6, 6.07) is 6.48. The van der Waals surface area contributed by atoms with Gasteiger partial charge in [-0.15, -0.1) is 0 Å². The Morgan fingerprint density at radius 1 is 1.27 bits per heavy atom. The van der Waals surface area contributed by atoms with Gasteiger partial charge in [-0.2, -0.15) is 0 Å². The standard InChI is InChI=1S/C14H17NO6S/c1-8-11(16)12(17)13(18)14(19,20-8)21-10-4-2-9(3-5-10)6-15-7-22/h2-5,8,11-13,16-19H,6H2,1H3/t8-,11-,12+,13+,14+/m0/s1. The third-order valence-corrected chi connectivity index (χ3v) is 3.53. The molecule has 1 heterocycles. The van der Waals surface area contributed by atoms with Crippen molar-refractivity contribution in [1.82, 2.24) is 0 Å². The molecule has 1 saturated heterocycles. The van der Waals surface area contributed by atoms with Crippen molar-refractivity contribution < 1.29 is 29.9 Å². The van der Waals surface area contributed by atoms with Gasteiger partial charge in [-0.25, -0.2) is 4.99 Å². The Balaban J connectivity index is 2.12. The van der Waals surface area contributed by atoms with Gasteiger partial charge in [0, 0.05) is 0 Å². The first-order valence-electron chi connectivity index (χ1n) is 6.63. The second-order valence-corrected chi connectivity index (χ2v) is 5.22. The average molecular weight is 327 g/mol. The van der Waals surface area contributed by atoms with Crippen LogP contribution in [-0.4, -0.2) is 56.0 Å². The molecule has 1 aliphatic rings. The van der Waals surface area contributed by atoms with Gasteiger partial charge < -0.3 is 29.9 Å². The minimum atomic E-state index is -2.45. The van der Waals surface area contributed by atoms with E-state index in [-0.39, 0.29) is 5.75 Å². The van der Waals surface area contributed by atoms with Gasteiger partial charge in [-0.05, 0) is 36.8 Å². The van der Waals surface area contributed by atoms with Crippen LogP contribution in [0.3, 0.4) is 0 Å². The van der Waals surface area contributed by atoms with Gasteiger partial charge >= 0.3 is 5.97 Å². The summed E-state index contributed by atoms with van der Waals surface area (Å²) >= 11 is 4.48. The van der Waals surface area contributed by atoms with E-state index in [0.29, 0.717) is 6.54 Å². The van der Waals surface area contributed by atoms with Crippen molar-refractivity contribution in [2.24, 2.45) is 4.99 Å². The van der Waals surface area contributed by atoms with Gasteiger partial charge in [0.15, 0.2) is 6.10 Å². The molecule has 4 N–H and O–H groups in total. The van der Waals surface area contributed by atoms with E-state index in [1.54, 1.807) is 24.3 Å². The second kappa shape index (κ2) is 6.80. The van der Waals surface area contributed by atoms with Crippen LogP contribution >= 0.6 is 12.2 Å². The Bertz CT molecular complexity index is 561. The largest absolute Gasteiger partial charge is 0.437 e. The van der Waals surface area contributed by atoms with E-state index in [2.05, 4.69) is 22.4 Å². The fourth-order valence-corrected chi connectivity index (χ4v) is 2.19. The van der Waals surface area contributed by atoms with Crippen molar-refractivity contribution in [1.29, 1.82) is 0 Å². The summed E-state index contributed by atoms with van der Waals surface area (Å²) in [5.74, 6) is -2.24. The highest BCUT2D eigenvalue weighted by atomic mass is 32.1. The maximum absolute atomic E-state index is 10.3. The summed E-state index contributed by atoms with van der Waals surface area (Å²) in [4.78, 5) is 3.79. The molecule has 0 aliphatic carbocycles. The molecule has 0 bridgehead atoms. The Hall–Kier alpha value is -1.38. The van der Waals surface area contributed by atoms with Crippen LogP contribution in [0.15, 0.2) is 29.3 Å². The van der Waals surface area contributed by atoms with Gasteiger partial charge in [0.2, 0.25) is 0 Å². The number of aliphatic hydroxyl groups is 4. The smallest absolute Gasteiger partial charge is 0.355 e. The van der Waals surface area contributed by atoms with Crippen molar-refractivity contribution >= 4 is 17.4 Å². The lowest BCUT2D eigenvalue weighted by Crippen LogP contribution is -2.66. The van der Waals surface area contributed by atoms with Crippen molar-refractivity contribution in [2.75, 3.05) is 0 Å². The molecule has 0 amide bonds. The second-order valence-electron chi connectivity index (χ2n) is 5.03. The topological polar surface area (TPSA) is 112 Å². The molecule has 5 atom stereocenters. The van der Waals surface area contributed by atoms with Gasteiger partial charge in [-0.3, -0.25) is 0 Å². The number of rotatable bonds is 4. The van der Waals surface area contributed by atoms with Gasteiger partial charge in [0.25, 0.3) is 0 Å². The number of thiocarbonyl (C=S) groups is 1. The summed E-state index contributed by atoms with van der Waals surface area (Å²) in [6.07, 6.45) is -5.66. The number of hydrogen-bond donors (Lipinski definition) is 4. The van der Waals surface area contributed by atoms with Gasteiger partial charge in [0.1, 0.15) is 18.0 Å². The summed E-state index contributed by atoms with van der Waals surface area (Å²) in [5.41, 5.74) is 0.852. The Labute approximate surface area is 132 Å². The lowest BCUT2D eigenvalue weighted by atomic mass is 9.98. The highest BCUT2D eigenvalue weighted by Crippen LogP contribution is 2.30. The van der Waals surface area contributed by atoms with Crippen LogP contribution in [0.25, 0.3) is 0 Å². The first-order chi connectivity index (χ1) is 10.4. The molecule has 0 saturated carbocycles. The van der Waals surface area contributed by atoms with Crippen molar-refractivity contribution in [3.05, 3.63) is 29.8 Å². The average Bonchev–Trinajstić information content (AvgIpc) is 2.50. The van der Waals surface area contributed by atoms with E-state index in [0.717, 1.165) is 5.56 Å². The maximum atomic E-state index is 10.3. The van der Waals surface area contributed by atoms with Crippen LogP contribution in [0.4, 0.5) is 0 Å². The summed E-state index contributed by atoms with van der Waals surface area (Å²) in [5, 5.41) is 41.7. The predicted octanol–water partition coefficient (Wildman–Crippen LogP) is -0.184. The van der Waals surface area contributed by atoms with Crippen LogP contribution < -0.4 is 4.74 Å². The molecule has 1 fully saturated rings. The van der Waals surface area contributed by atoms with Crippen LogP contribution in [-0.2, 0) is 11.3 Å². The minimum absolute atomic E-state index is 0.215. The molecular formula is C14H17NO6S. The molecular weight excluding hydrogens is 310 g/mol. The highest BCUT2D eigenvalue weighted by Gasteiger charge is 2.54. The predicted molar refractivity (Wildman–Crippen MR) is 79.3 cm³/mol. The summed E-state index contributed by atoms with van der Waals surface area (Å²) < 4.78 is 10.3. The maximum Gasteiger partial charge on any atom is 0.355 e. The van der Waals surface area contributed by atoms with E-state index in [1.807, 2.05) is 0 Å². The number of hydrogen-bond acceptors (Lipinski definition) is 8. The molecule has 0 spiro atoms. The fraction of sp³-hybridized carbons (Fsp3) is 0.500. The van der Waals surface area contributed by atoms with Crippen LogP contribution in [0.5, 0.6) is 5.75 Å². The molecule has 120 valence electrons. The molecule has 22 heavy (non-hydrogen) atoms. The Morgan fingerprint density at radius 3 is 2.50 bits per heavy atom. The third kappa shape index (κ3) is 3.50.